The predicted molar refractivity (Wildman–Crippen MR) is 86.4 cm³/mol. The molecule has 0 bridgehead atoms. The Morgan fingerprint density at radius 2 is 2.22 bits per heavy atom. The molecule has 23 heavy (non-hydrogen) atoms. The van der Waals surface area contributed by atoms with Gasteiger partial charge in [-0.25, -0.2) is 14.1 Å². The van der Waals surface area contributed by atoms with Gasteiger partial charge in [0.2, 0.25) is 5.95 Å². The van der Waals surface area contributed by atoms with Gasteiger partial charge in [0.1, 0.15) is 12.3 Å². The average Bonchev–Trinajstić information content (AvgIpc) is 2.83. The van der Waals surface area contributed by atoms with E-state index in [-0.39, 0.29) is 24.9 Å². The minimum absolute atomic E-state index is 0.00843. The van der Waals surface area contributed by atoms with Gasteiger partial charge in [-0.3, -0.25) is 0 Å². The van der Waals surface area contributed by atoms with E-state index >= 15 is 0 Å². The van der Waals surface area contributed by atoms with Crippen molar-refractivity contribution < 1.29 is 14.2 Å². The van der Waals surface area contributed by atoms with E-state index < -0.39 is 5.82 Å². The van der Waals surface area contributed by atoms with Crippen molar-refractivity contribution in [1.82, 2.24) is 19.7 Å². The van der Waals surface area contributed by atoms with Crippen LogP contribution in [0, 0.1) is 5.82 Å². The van der Waals surface area contributed by atoms with Crippen molar-refractivity contribution in [3.8, 4) is 17.0 Å². The first kappa shape index (κ1) is 15.6. The molecule has 0 saturated heterocycles. The Hall–Kier alpha value is -2.26. The monoisotopic (exact) mass is 381 g/mol. The topological polar surface area (TPSA) is 99.1 Å². The highest BCUT2D eigenvalue weighted by molar-refractivity contribution is 9.10. The molecule has 120 valence electrons. The lowest BCUT2D eigenvalue weighted by Gasteiger charge is -2.09. The number of aromatic nitrogens is 4. The second kappa shape index (κ2) is 6.09. The molecule has 9 heteroatoms. The van der Waals surface area contributed by atoms with Crippen LogP contribution in [-0.2, 0) is 7.05 Å². The lowest BCUT2D eigenvalue weighted by atomic mass is 10.1. The molecule has 0 aliphatic rings. The normalized spacial score (nSPS) is 11.1. The van der Waals surface area contributed by atoms with Crippen molar-refractivity contribution in [2.75, 3.05) is 18.9 Å². The minimum Gasteiger partial charge on any atom is -0.487 e. The molecule has 0 fully saturated rings. The van der Waals surface area contributed by atoms with Crippen LogP contribution in [0.25, 0.3) is 22.3 Å². The van der Waals surface area contributed by atoms with Crippen LogP contribution in [0.4, 0.5) is 10.3 Å². The minimum atomic E-state index is -0.557. The molecule has 2 aromatic heterocycles. The summed E-state index contributed by atoms with van der Waals surface area (Å²) in [6.45, 7) is -0.189. The molecule has 7 nitrogen and oxygen atoms in total. The molecule has 1 aromatic carbocycles. The number of ether oxygens (including phenoxy) is 1. The van der Waals surface area contributed by atoms with Gasteiger partial charge < -0.3 is 15.6 Å². The Bertz CT molecular complexity index is 860. The first-order valence-electron chi connectivity index (χ1n) is 6.69. The first-order valence-corrected chi connectivity index (χ1v) is 7.49. The molecule has 0 aliphatic carbocycles. The molecule has 0 radical (unpaired) electrons. The number of fused-ring (bicyclic) bond motifs is 1. The summed E-state index contributed by atoms with van der Waals surface area (Å²) >= 11 is 3.28. The summed E-state index contributed by atoms with van der Waals surface area (Å²) in [4.78, 5) is 8.10. The Kier molecular flexibility index (Phi) is 4.14. The molecule has 2 heterocycles. The molecule has 3 aromatic rings. The van der Waals surface area contributed by atoms with Crippen molar-refractivity contribution in [3.05, 3.63) is 28.6 Å². The number of nitrogens with two attached hydrogens (primary N) is 1. The van der Waals surface area contributed by atoms with Gasteiger partial charge in [0, 0.05) is 18.8 Å². The van der Waals surface area contributed by atoms with Crippen LogP contribution < -0.4 is 10.5 Å². The molecule has 0 atom stereocenters. The quantitative estimate of drug-likeness (QED) is 0.715. The third kappa shape index (κ3) is 2.84. The van der Waals surface area contributed by atoms with Crippen LogP contribution >= 0.6 is 15.9 Å². The highest BCUT2D eigenvalue weighted by Crippen LogP contribution is 2.35. The van der Waals surface area contributed by atoms with Gasteiger partial charge in [-0.05, 0) is 28.1 Å². The smallest absolute Gasteiger partial charge is 0.222 e. The fourth-order valence-corrected chi connectivity index (χ4v) is 2.80. The average molecular weight is 382 g/mol. The number of rotatable bonds is 4. The zero-order valence-electron chi connectivity index (χ0n) is 12.1. The van der Waals surface area contributed by atoms with Gasteiger partial charge in [-0.1, -0.05) is 0 Å². The highest BCUT2D eigenvalue weighted by Gasteiger charge is 2.17. The summed E-state index contributed by atoms with van der Waals surface area (Å²) in [5, 5.41) is 13.8. The largest absolute Gasteiger partial charge is 0.487 e. The predicted octanol–water partition coefficient (Wildman–Crippen LogP) is 1.89. The zero-order valence-corrected chi connectivity index (χ0v) is 13.7. The maximum absolute atomic E-state index is 14.3. The van der Waals surface area contributed by atoms with Crippen LogP contribution in [0.3, 0.4) is 0 Å². The Morgan fingerprint density at radius 3 is 2.91 bits per heavy atom. The van der Waals surface area contributed by atoms with Crippen LogP contribution in [0.2, 0.25) is 0 Å². The molecule has 3 N–H and O–H groups in total. The second-order valence-corrected chi connectivity index (χ2v) is 5.63. The van der Waals surface area contributed by atoms with Gasteiger partial charge >= 0.3 is 0 Å². The Balaban J connectivity index is 2.12. The number of halogens is 2. The maximum Gasteiger partial charge on any atom is 0.222 e. The number of benzene rings is 1. The summed E-state index contributed by atoms with van der Waals surface area (Å²) in [5.41, 5.74) is 7.23. The zero-order chi connectivity index (χ0) is 16.6. The number of anilines is 1. The van der Waals surface area contributed by atoms with Gasteiger partial charge in [-0.2, -0.15) is 10.1 Å². The van der Waals surface area contributed by atoms with Crippen molar-refractivity contribution in [3.63, 3.8) is 0 Å². The summed E-state index contributed by atoms with van der Waals surface area (Å²) in [6.07, 6.45) is 1.56. The Labute approximate surface area is 139 Å². The summed E-state index contributed by atoms with van der Waals surface area (Å²) in [6, 6.07) is 3.00. The number of aryl methyl sites for hydroxylation is 1. The van der Waals surface area contributed by atoms with Crippen LogP contribution in [0.5, 0.6) is 5.75 Å². The van der Waals surface area contributed by atoms with Crippen LogP contribution in [0.15, 0.2) is 22.8 Å². The van der Waals surface area contributed by atoms with E-state index in [1.54, 1.807) is 24.0 Å². The first-order chi connectivity index (χ1) is 11.0. The fourth-order valence-electron chi connectivity index (χ4n) is 2.25. The number of aliphatic hydroxyl groups is 1. The second-order valence-electron chi connectivity index (χ2n) is 4.78. The molecule has 0 saturated carbocycles. The lowest BCUT2D eigenvalue weighted by Crippen LogP contribution is -2.04. The van der Waals surface area contributed by atoms with Gasteiger partial charge in [0.25, 0.3) is 0 Å². The van der Waals surface area contributed by atoms with E-state index in [0.717, 1.165) is 0 Å². The molecular formula is C14H13BrFN5O2. The van der Waals surface area contributed by atoms with Gasteiger partial charge in [-0.15, -0.1) is 0 Å². The third-order valence-electron chi connectivity index (χ3n) is 3.21. The number of aliphatic hydroxyl groups excluding tert-OH is 1. The summed E-state index contributed by atoms with van der Waals surface area (Å²) < 4.78 is 21.4. The standard InChI is InChI=1S/C14H13BrFN5O2/c1-21-13-8(6-18-14(17)19-13)11(20-21)7-4-9(15)12(10(16)5-7)23-3-2-22/h4-6,22H,2-3H2,1H3,(H2,17,18,19). The van der Waals surface area contributed by atoms with E-state index in [9.17, 15) is 4.39 Å². The van der Waals surface area contributed by atoms with Crippen LogP contribution in [0.1, 0.15) is 0 Å². The van der Waals surface area contributed by atoms with Crippen molar-refractivity contribution in [2.24, 2.45) is 7.05 Å². The molecule has 0 unspecified atom stereocenters. The molecule has 0 spiro atoms. The van der Waals surface area contributed by atoms with E-state index in [1.165, 1.54) is 6.07 Å². The SMILES string of the molecule is Cn1nc(-c2cc(F)c(OCCO)c(Br)c2)c2cnc(N)nc21. The Morgan fingerprint density at radius 1 is 1.43 bits per heavy atom. The molecule has 0 aliphatic heterocycles. The fraction of sp³-hybridized carbons (Fsp3) is 0.214. The van der Waals surface area contributed by atoms with Crippen molar-refractivity contribution in [1.29, 1.82) is 0 Å². The summed E-state index contributed by atoms with van der Waals surface area (Å²) in [7, 11) is 1.72. The van der Waals surface area contributed by atoms with Crippen LogP contribution in [-0.4, -0.2) is 38.1 Å². The molecule has 3 rings (SSSR count). The number of nitrogen functional groups attached to an aromatic ring is 1. The third-order valence-corrected chi connectivity index (χ3v) is 3.80. The van der Waals surface area contributed by atoms with E-state index in [0.29, 0.717) is 26.8 Å². The van der Waals surface area contributed by atoms with Crippen molar-refractivity contribution in [2.45, 2.75) is 0 Å². The van der Waals surface area contributed by atoms with E-state index in [4.69, 9.17) is 15.6 Å². The molecule has 0 amide bonds. The van der Waals surface area contributed by atoms with Gasteiger partial charge in [0.15, 0.2) is 17.2 Å². The van der Waals surface area contributed by atoms with E-state index in [2.05, 4.69) is 31.0 Å². The lowest BCUT2D eigenvalue weighted by molar-refractivity contribution is 0.195. The van der Waals surface area contributed by atoms with Crippen molar-refractivity contribution >= 4 is 32.9 Å². The van der Waals surface area contributed by atoms with Gasteiger partial charge in [0.05, 0.1) is 16.5 Å². The van der Waals surface area contributed by atoms with E-state index in [1.807, 2.05) is 0 Å². The maximum atomic E-state index is 14.3. The number of hydrogen-bond donors (Lipinski definition) is 2. The number of hydrogen-bond acceptors (Lipinski definition) is 6. The number of nitrogens with zero attached hydrogens (tertiary/aromatic N) is 4. The highest BCUT2D eigenvalue weighted by atomic mass is 79.9. The molecular weight excluding hydrogens is 369 g/mol. The summed E-state index contributed by atoms with van der Waals surface area (Å²) in [5.74, 6) is -0.367.